The first-order valence-corrected chi connectivity index (χ1v) is 6.30. The number of hydrogen-bond acceptors (Lipinski definition) is 4. The highest BCUT2D eigenvalue weighted by Crippen LogP contribution is 2.35. The van der Waals surface area contributed by atoms with Gasteiger partial charge in [-0.05, 0) is 25.5 Å². The number of nitrogen functional groups attached to an aromatic ring is 1. The van der Waals surface area contributed by atoms with Gasteiger partial charge in [0.15, 0.2) is 0 Å². The standard InChI is InChI=1S/C12H17NO2S/c1-8-12(3-4-15-8)16-11-6-9(13)5-10(7-11)14-2/h5-8,12H,3-4,13H2,1-2H3. The van der Waals surface area contributed by atoms with Gasteiger partial charge in [-0.25, -0.2) is 0 Å². The molecule has 0 radical (unpaired) electrons. The molecule has 1 aliphatic heterocycles. The monoisotopic (exact) mass is 239 g/mol. The van der Waals surface area contributed by atoms with Crippen LogP contribution >= 0.6 is 11.8 Å². The summed E-state index contributed by atoms with van der Waals surface area (Å²) < 4.78 is 10.7. The molecule has 88 valence electrons. The maximum Gasteiger partial charge on any atom is 0.122 e. The Labute approximate surface area is 100 Å². The number of rotatable bonds is 3. The van der Waals surface area contributed by atoms with Crippen LogP contribution < -0.4 is 10.5 Å². The van der Waals surface area contributed by atoms with E-state index in [-0.39, 0.29) is 0 Å². The van der Waals surface area contributed by atoms with Crippen LogP contribution in [0.4, 0.5) is 5.69 Å². The predicted octanol–water partition coefficient (Wildman–Crippen LogP) is 2.55. The van der Waals surface area contributed by atoms with Crippen molar-refractivity contribution in [2.75, 3.05) is 19.5 Å². The zero-order valence-electron chi connectivity index (χ0n) is 9.60. The summed E-state index contributed by atoms with van der Waals surface area (Å²) in [5, 5.41) is 0.520. The van der Waals surface area contributed by atoms with E-state index in [9.17, 15) is 0 Å². The van der Waals surface area contributed by atoms with Gasteiger partial charge in [0.2, 0.25) is 0 Å². The Morgan fingerprint density at radius 3 is 2.88 bits per heavy atom. The zero-order valence-corrected chi connectivity index (χ0v) is 10.4. The molecule has 2 unspecified atom stereocenters. The summed E-state index contributed by atoms with van der Waals surface area (Å²) in [5.41, 5.74) is 6.56. The van der Waals surface area contributed by atoms with Gasteiger partial charge in [0.05, 0.1) is 13.2 Å². The Kier molecular flexibility index (Phi) is 3.61. The minimum atomic E-state index is 0.317. The van der Waals surface area contributed by atoms with Crippen molar-refractivity contribution in [3.8, 4) is 5.75 Å². The van der Waals surface area contributed by atoms with E-state index < -0.39 is 0 Å². The van der Waals surface area contributed by atoms with Gasteiger partial charge in [-0.15, -0.1) is 11.8 Å². The lowest BCUT2D eigenvalue weighted by Crippen LogP contribution is -2.12. The summed E-state index contributed by atoms with van der Waals surface area (Å²) in [5.74, 6) is 0.814. The molecule has 0 saturated carbocycles. The van der Waals surface area contributed by atoms with Crippen molar-refractivity contribution in [1.29, 1.82) is 0 Å². The highest BCUT2D eigenvalue weighted by Gasteiger charge is 2.25. The minimum absolute atomic E-state index is 0.317. The van der Waals surface area contributed by atoms with Gasteiger partial charge in [-0.2, -0.15) is 0 Å². The Morgan fingerprint density at radius 1 is 1.44 bits per heavy atom. The number of nitrogens with two attached hydrogens (primary N) is 1. The molecule has 2 rings (SSSR count). The van der Waals surface area contributed by atoms with Crippen molar-refractivity contribution < 1.29 is 9.47 Å². The topological polar surface area (TPSA) is 44.5 Å². The second kappa shape index (κ2) is 4.97. The summed E-state index contributed by atoms with van der Waals surface area (Å²) in [6.07, 6.45) is 1.42. The van der Waals surface area contributed by atoms with Crippen molar-refractivity contribution in [3.63, 3.8) is 0 Å². The fraction of sp³-hybridized carbons (Fsp3) is 0.500. The van der Waals surface area contributed by atoms with Gasteiger partial charge in [0.25, 0.3) is 0 Å². The molecular formula is C12H17NO2S. The van der Waals surface area contributed by atoms with Crippen LogP contribution in [0, 0.1) is 0 Å². The minimum Gasteiger partial charge on any atom is -0.497 e. The van der Waals surface area contributed by atoms with Gasteiger partial charge in [-0.3, -0.25) is 0 Å². The van der Waals surface area contributed by atoms with E-state index in [1.165, 1.54) is 0 Å². The van der Waals surface area contributed by atoms with Gasteiger partial charge in [0, 0.05) is 28.5 Å². The fourth-order valence-electron chi connectivity index (χ4n) is 1.82. The van der Waals surface area contributed by atoms with Gasteiger partial charge in [0.1, 0.15) is 5.75 Å². The molecule has 16 heavy (non-hydrogen) atoms. The number of anilines is 1. The molecule has 1 aromatic carbocycles. The highest BCUT2D eigenvalue weighted by molar-refractivity contribution is 8.00. The first kappa shape index (κ1) is 11.6. The molecule has 3 nitrogen and oxygen atoms in total. The fourth-order valence-corrected chi connectivity index (χ4v) is 3.04. The third kappa shape index (κ3) is 2.62. The smallest absolute Gasteiger partial charge is 0.122 e. The highest BCUT2D eigenvalue weighted by atomic mass is 32.2. The molecule has 0 aromatic heterocycles. The van der Waals surface area contributed by atoms with E-state index in [0.717, 1.165) is 29.4 Å². The molecule has 1 fully saturated rings. The van der Waals surface area contributed by atoms with Crippen LogP contribution in [0.15, 0.2) is 23.1 Å². The van der Waals surface area contributed by atoms with E-state index in [0.29, 0.717) is 11.4 Å². The number of ether oxygens (including phenoxy) is 2. The molecule has 1 saturated heterocycles. The number of benzene rings is 1. The third-order valence-electron chi connectivity index (χ3n) is 2.73. The van der Waals surface area contributed by atoms with Crippen LogP contribution in [0.5, 0.6) is 5.75 Å². The summed E-state index contributed by atoms with van der Waals surface area (Å²) in [7, 11) is 1.66. The largest absolute Gasteiger partial charge is 0.497 e. The van der Waals surface area contributed by atoms with Crippen LogP contribution in [0.25, 0.3) is 0 Å². The summed E-state index contributed by atoms with van der Waals surface area (Å²) in [6.45, 7) is 2.98. The molecule has 2 N–H and O–H groups in total. The maximum atomic E-state index is 5.82. The number of thioether (sulfide) groups is 1. The SMILES string of the molecule is COc1cc(N)cc(SC2CCOC2C)c1. The van der Waals surface area contributed by atoms with E-state index in [1.54, 1.807) is 7.11 Å². The number of hydrogen-bond donors (Lipinski definition) is 1. The lowest BCUT2D eigenvalue weighted by Gasteiger charge is -2.14. The van der Waals surface area contributed by atoms with E-state index in [2.05, 4.69) is 6.92 Å². The molecule has 0 bridgehead atoms. The second-order valence-corrected chi connectivity index (χ2v) is 5.28. The molecule has 2 atom stereocenters. The molecule has 0 aliphatic carbocycles. The normalized spacial score (nSPS) is 24.6. The summed E-state index contributed by atoms with van der Waals surface area (Å²) >= 11 is 1.82. The predicted molar refractivity (Wildman–Crippen MR) is 67.1 cm³/mol. The average Bonchev–Trinajstić information content (AvgIpc) is 2.63. The molecule has 0 spiro atoms. The quantitative estimate of drug-likeness (QED) is 0.823. The molecule has 0 amide bonds. The van der Waals surface area contributed by atoms with Gasteiger partial charge >= 0.3 is 0 Å². The van der Waals surface area contributed by atoms with Gasteiger partial charge < -0.3 is 15.2 Å². The summed E-state index contributed by atoms with van der Waals surface area (Å²) in [4.78, 5) is 1.15. The van der Waals surface area contributed by atoms with Crippen LogP contribution in [0.1, 0.15) is 13.3 Å². The van der Waals surface area contributed by atoms with Crippen LogP contribution in [0.3, 0.4) is 0 Å². The summed E-state index contributed by atoms with van der Waals surface area (Å²) in [6, 6.07) is 5.84. The second-order valence-electron chi connectivity index (χ2n) is 3.96. The van der Waals surface area contributed by atoms with Crippen molar-refractivity contribution in [2.24, 2.45) is 0 Å². The van der Waals surface area contributed by atoms with Crippen molar-refractivity contribution >= 4 is 17.4 Å². The van der Waals surface area contributed by atoms with Crippen molar-refractivity contribution in [3.05, 3.63) is 18.2 Å². The zero-order chi connectivity index (χ0) is 11.5. The average molecular weight is 239 g/mol. The van der Waals surface area contributed by atoms with E-state index in [4.69, 9.17) is 15.2 Å². The molecule has 1 heterocycles. The Hall–Kier alpha value is -0.870. The molecule has 1 aliphatic rings. The van der Waals surface area contributed by atoms with Crippen LogP contribution in [-0.2, 0) is 4.74 Å². The first-order chi connectivity index (χ1) is 7.69. The Morgan fingerprint density at radius 2 is 2.25 bits per heavy atom. The van der Waals surface area contributed by atoms with E-state index >= 15 is 0 Å². The first-order valence-electron chi connectivity index (χ1n) is 5.42. The number of methoxy groups -OCH3 is 1. The van der Waals surface area contributed by atoms with Crippen LogP contribution in [-0.4, -0.2) is 25.1 Å². The maximum absolute atomic E-state index is 5.82. The van der Waals surface area contributed by atoms with Crippen molar-refractivity contribution in [2.45, 2.75) is 29.6 Å². The molecule has 4 heteroatoms. The lowest BCUT2D eigenvalue weighted by molar-refractivity contribution is 0.127. The molecular weight excluding hydrogens is 222 g/mol. The van der Waals surface area contributed by atoms with Crippen molar-refractivity contribution in [1.82, 2.24) is 0 Å². The lowest BCUT2D eigenvalue weighted by atomic mass is 10.3. The Balaban J connectivity index is 2.11. The molecule has 1 aromatic rings. The van der Waals surface area contributed by atoms with E-state index in [1.807, 2.05) is 30.0 Å². The third-order valence-corrected chi connectivity index (χ3v) is 4.16. The van der Waals surface area contributed by atoms with Crippen LogP contribution in [0.2, 0.25) is 0 Å². The Bertz CT molecular complexity index is 370. The van der Waals surface area contributed by atoms with Gasteiger partial charge in [-0.1, -0.05) is 0 Å².